The van der Waals surface area contributed by atoms with Crippen molar-refractivity contribution in [2.24, 2.45) is 0 Å². The molecule has 0 aliphatic carbocycles. The number of benzene rings is 1. The third kappa shape index (κ3) is 3.27. The Kier molecular flexibility index (Phi) is 4.50. The number of carbonyl (C=O) groups is 1. The highest BCUT2D eigenvalue weighted by atomic mass is 35.5. The Morgan fingerprint density at radius 1 is 1.14 bits per heavy atom. The molecule has 1 unspecified atom stereocenters. The van der Waals surface area contributed by atoms with Crippen molar-refractivity contribution in [1.82, 2.24) is 25.6 Å². The van der Waals surface area contributed by atoms with Gasteiger partial charge in [-0.1, -0.05) is 23.2 Å². The number of aromatic nitrogens is 3. The SMILES string of the molecule is O=C1C=CC2=C(c3nc(-c4ccc(Cl)cc4Cl)c(-c4ncc[nH]4)s3)C=CNC2N1. The van der Waals surface area contributed by atoms with Gasteiger partial charge in [0.05, 0.1) is 15.6 Å². The second kappa shape index (κ2) is 7.18. The number of nitrogens with zero attached hydrogens (tertiary/aromatic N) is 2. The summed E-state index contributed by atoms with van der Waals surface area (Å²) in [5, 5.41) is 7.92. The Morgan fingerprint density at radius 3 is 2.83 bits per heavy atom. The van der Waals surface area contributed by atoms with Gasteiger partial charge in [-0.15, -0.1) is 11.3 Å². The quantitative estimate of drug-likeness (QED) is 0.562. The first kappa shape index (κ1) is 18.2. The highest BCUT2D eigenvalue weighted by molar-refractivity contribution is 7.16. The summed E-state index contributed by atoms with van der Waals surface area (Å²) in [5.74, 6) is 0.576. The molecular weight excluding hydrogens is 429 g/mol. The summed E-state index contributed by atoms with van der Waals surface area (Å²) in [4.78, 5) is 25.0. The molecule has 0 radical (unpaired) electrons. The van der Waals surface area contributed by atoms with E-state index in [4.69, 9.17) is 28.2 Å². The van der Waals surface area contributed by atoms with Gasteiger partial charge in [-0.2, -0.15) is 0 Å². The molecule has 0 spiro atoms. The van der Waals surface area contributed by atoms with Crippen LogP contribution in [0.4, 0.5) is 0 Å². The summed E-state index contributed by atoms with van der Waals surface area (Å²) in [5.41, 5.74) is 3.37. The van der Waals surface area contributed by atoms with Gasteiger partial charge in [-0.25, -0.2) is 9.97 Å². The van der Waals surface area contributed by atoms with E-state index in [1.807, 2.05) is 24.4 Å². The summed E-state index contributed by atoms with van der Waals surface area (Å²) in [6.45, 7) is 0. The fraction of sp³-hybridized carbons (Fsp3) is 0.0500. The molecule has 1 amide bonds. The maximum atomic E-state index is 11.7. The van der Waals surface area contributed by atoms with Crippen molar-refractivity contribution in [1.29, 1.82) is 0 Å². The van der Waals surface area contributed by atoms with E-state index >= 15 is 0 Å². The summed E-state index contributed by atoms with van der Waals surface area (Å²) in [6.07, 6.45) is 10.3. The molecule has 0 saturated carbocycles. The summed E-state index contributed by atoms with van der Waals surface area (Å²) in [6, 6.07) is 5.34. The minimum atomic E-state index is -0.286. The van der Waals surface area contributed by atoms with Crippen LogP contribution in [-0.4, -0.2) is 27.0 Å². The maximum absolute atomic E-state index is 11.7. The van der Waals surface area contributed by atoms with E-state index in [-0.39, 0.29) is 12.1 Å². The number of imidazole rings is 1. The number of carbonyl (C=O) groups excluding carboxylic acids is 1. The number of hydrogen-bond donors (Lipinski definition) is 3. The Labute approximate surface area is 180 Å². The topological polar surface area (TPSA) is 82.7 Å². The molecule has 2 aliphatic rings. The van der Waals surface area contributed by atoms with E-state index < -0.39 is 0 Å². The minimum Gasteiger partial charge on any atom is -0.368 e. The van der Waals surface area contributed by atoms with Crippen molar-refractivity contribution in [3.05, 3.63) is 75.6 Å². The Hall–Kier alpha value is -2.87. The number of H-pyrrole nitrogens is 1. The van der Waals surface area contributed by atoms with Crippen LogP contribution in [0.2, 0.25) is 10.0 Å². The largest absolute Gasteiger partial charge is 0.368 e. The predicted octanol–water partition coefficient (Wildman–Crippen LogP) is 4.39. The Balaban J connectivity index is 1.71. The van der Waals surface area contributed by atoms with Gasteiger partial charge in [0.2, 0.25) is 5.91 Å². The van der Waals surface area contributed by atoms with Crippen LogP contribution >= 0.6 is 34.5 Å². The number of dihydropyridines is 1. The van der Waals surface area contributed by atoms with Crippen molar-refractivity contribution in [3.63, 3.8) is 0 Å². The van der Waals surface area contributed by atoms with E-state index in [0.717, 1.165) is 32.3 Å². The van der Waals surface area contributed by atoms with Crippen molar-refractivity contribution >= 4 is 46.0 Å². The van der Waals surface area contributed by atoms with Gasteiger partial charge in [0.15, 0.2) is 0 Å². The molecule has 0 bridgehead atoms. The molecule has 4 heterocycles. The van der Waals surface area contributed by atoms with Gasteiger partial charge in [0.25, 0.3) is 0 Å². The fourth-order valence-corrected chi connectivity index (χ4v) is 4.86. The molecule has 5 rings (SSSR count). The van der Waals surface area contributed by atoms with Crippen LogP contribution in [0.5, 0.6) is 0 Å². The van der Waals surface area contributed by atoms with Gasteiger partial charge in [-0.3, -0.25) is 4.79 Å². The Morgan fingerprint density at radius 2 is 2.03 bits per heavy atom. The third-order valence-corrected chi connectivity index (χ3v) is 6.24. The van der Waals surface area contributed by atoms with E-state index in [0.29, 0.717) is 15.9 Å². The number of rotatable bonds is 3. The van der Waals surface area contributed by atoms with Gasteiger partial charge in [-0.05, 0) is 36.6 Å². The summed E-state index contributed by atoms with van der Waals surface area (Å²) < 4.78 is 0. The number of thiazole rings is 1. The number of fused-ring (bicyclic) bond motifs is 1. The molecule has 2 aromatic heterocycles. The highest BCUT2D eigenvalue weighted by Gasteiger charge is 2.27. The second-order valence-electron chi connectivity index (χ2n) is 6.40. The maximum Gasteiger partial charge on any atom is 0.245 e. The van der Waals surface area contributed by atoms with Gasteiger partial charge in [0, 0.05) is 40.2 Å². The molecule has 3 aromatic rings. The van der Waals surface area contributed by atoms with Crippen LogP contribution in [-0.2, 0) is 4.79 Å². The number of allylic oxidation sites excluding steroid dienone is 2. The molecule has 0 saturated heterocycles. The van der Waals surface area contributed by atoms with Crippen LogP contribution < -0.4 is 10.6 Å². The van der Waals surface area contributed by atoms with E-state index in [9.17, 15) is 4.79 Å². The molecule has 2 aliphatic heterocycles. The van der Waals surface area contributed by atoms with E-state index in [1.165, 1.54) is 17.4 Å². The molecule has 3 N–H and O–H groups in total. The van der Waals surface area contributed by atoms with E-state index in [2.05, 4.69) is 20.6 Å². The molecule has 1 atom stereocenters. The number of amides is 1. The molecule has 29 heavy (non-hydrogen) atoms. The Bertz CT molecular complexity index is 1210. The molecule has 6 nitrogen and oxygen atoms in total. The number of hydrogen-bond acceptors (Lipinski definition) is 5. The first-order chi connectivity index (χ1) is 14.1. The van der Waals surface area contributed by atoms with Gasteiger partial charge < -0.3 is 15.6 Å². The summed E-state index contributed by atoms with van der Waals surface area (Å²) >= 11 is 14.1. The molecule has 0 fully saturated rings. The molecule has 144 valence electrons. The number of halogens is 2. The monoisotopic (exact) mass is 441 g/mol. The lowest BCUT2D eigenvalue weighted by molar-refractivity contribution is -0.117. The average Bonchev–Trinajstić information content (AvgIpc) is 3.37. The third-order valence-electron chi connectivity index (χ3n) is 4.59. The zero-order valence-corrected chi connectivity index (χ0v) is 17.1. The van der Waals surface area contributed by atoms with Crippen molar-refractivity contribution < 1.29 is 4.79 Å². The lowest BCUT2D eigenvalue weighted by Crippen LogP contribution is -2.47. The fourth-order valence-electron chi connectivity index (χ4n) is 3.27. The second-order valence-corrected chi connectivity index (χ2v) is 8.25. The standard InChI is InChI=1S/C20H13Cl2N5OS/c21-10-1-2-13(14(22)9-10)16-17(19-24-7-8-25-19)29-20(27-16)12-5-6-23-18-11(12)3-4-15(28)26-18/h1-9,18,23H,(H,24,25)(H,26,28). The van der Waals surface area contributed by atoms with Crippen LogP contribution in [0.15, 0.2) is 60.6 Å². The van der Waals surface area contributed by atoms with Crippen LogP contribution in [0, 0.1) is 0 Å². The lowest BCUT2D eigenvalue weighted by atomic mass is 10.00. The zero-order chi connectivity index (χ0) is 20.0. The van der Waals surface area contributed by atoms with E-state index in [1.54, 1.807) is 24.5 Å². The first-order valence-corrected chi connectivity index (χ1v) is 10.3. The zero-order valence-electron chi connectivity index (χ0n) is 14.7. The molecule has 1 aromatic carbocycles. The van der Waals surface area contributed by atoms with Gasteiger partial charge in [0.1, 0.15) is 17.0 Å². The van der Waals surface area contributed by atoms with Gasteiger partial charge >= 0.3 is 0 Å². The van der Waals surface area contributed by atoms with Crippen molar-refractivity contribution in [3.8, 4) is 22.0 Å². The molecular formula is C20H13Cl2N5OS. The number of nitrogens with one attached hydrogen (secondary N) is 3. The van der Waals surface area contributed by atoms with Crippen LogP contribution in [0.25, 0.3) is 27.5 Å². The smallest absolute Gasteiger partial charge is 0.245 e. The lowest BCUT2D eigenvalue weighted by Gasteiger charge is -2.27. The number of aromatic amines is 1. The average molecular weight is 442 g/mol. The molecule has 9 heteroatoms. The van der Waals surface area contributed by atoms with Crippen molar-refractivity contribution in [2.75, 3.05) is 0 Å². The first-order valence-electron chi connectivity index (χ1n) is 8.72. The minimum absolute atomic E-state index is 0.134. The normalized spacial score (nSPS) is 17.9. The predicted molar refractivity (Wildman–Crippen MR) is 115 cm³/mol. The van der Waals surface area contributed by atoms with Crippen LogP contribution in [0.1, 0.15) is 5.01 Å². The highest BCUT2D eigenvalue weighted by Crippen LogP contribution is 2.42. The van der Waals surface area contributed by atoms with Crippen LogP contribution in [0.3, 0.4) is 0 Å². The van der Waals surface area contributed by atoms with Crippen molar-refractivity contribution in [2.45, 2.75) is 6.17 Å². The summed E-state index contributed by atoms with van der Waals surface area (Å²) in [7, 11) is 0.